The molecule has 0 aromatic heterocycles. The van der Waals surface area contributed by atoms with Gasteiger partial charge in [0.25, 0.3) is 0 Å². The third-order valence-electron chi connectivity index (χ3n) is 13.7. The minimum Gasteiger partial charge on any atom is -0.310 e. The van der Waals surface area contributed by atoms with Crippen LogP contribution in [-0.4, -0.2) is 0 Å². The first-order valence-electron chi connectivity index (χ1n) is 23.4. The van der Waals surface area contributed by atoms with Crippen LogP contribution >= 0.6 is 0 Å². The molecule has 13 rings (SSSR count). The van der Waals surface area contributed by atoms with Gasteiger partial charge >= 0.3 is 0 Å². The van der Waals surface area contributed by atoms with E-state index in [2.05, 4.69) is 277 Å². The molecule has 0 saturated heterocycles. The Labute approximate surface area is 395 Å². The summed E-state index contributed by atoms with van der Waals surface area (Å²) in [4.78, 5) is 4.74. The van der Waals surface area contributed by atoms with Gasteiger partial charge in [0, 0.05) is 33.5 Å². The average molecular weight is 865 g/mol. The molecule has 13 aromatic rings. The van der Waals surface area contributed by atoms with Crippen molar-refractivity contribution >= 4 is 98.8 Å². The van der Waals surface area contributed by atoms with Gasteiger partial charge in [0.05, 0.1) is 11.4 Å². The summed E-state index contributed by atoms with van der Waals surface area (Å²) in [5.74, 6) is 0. The molecule has 0 aliphatic rings. The number of rotatable bonds is 8. The van der Waals surface area contributed by atoms with Crippen LogP contribution in [-0.2, 0) is 0 Å². The summed E-state index contributed by atoms with van der Waals surface area (Å²) in [5.41, 5.74) is 11.7. The van der Waals surface area contributed by atoms with Crippen LogP contribution in [0.4, 0.5) is 34.1 Å². The minimum absolute atomic E-state index is 1.13. The molecule has 0 bridgehead atoms. The molecule has 0 saturated carbocycles. The number of anilines is 6. The van der Waals surface area contributed by atoms with Gasteiger partial charge in [-0.15, -0.1) is 0 Å². The van der Waals surface area contributed by atoms with Gasteiger partial charge in [0.15, 0.2) is 0 Å². The van der Waals surface area contributed by atoms with Crippen LogP contribution < -0.4 is 9.80 Å². The van der Waals surface area contributed by atoms with Crippen LogP contribution in [0.3, 0.4) is 0 Å². The maximum Gasteiger partial charge on any atom is 0.0540 e. The van der Waals surface area contributed by atoms with Crippen LogP contribution in [0, 0.1) is 0 Å². The molecule has 0 N–H and O–H groups in total. The van der Waals surface area contributed by atoms with Crippen molar-refractivity contribution in [3.63, 3.8) is 0 Å². The molecule has 0 fully saturated rings. The second-order valence-corrected chi connectivity index (χ2v) is 17.8. The second kappa shape index (κ2) is 16.5. The fraction of sp³-hybridized carbons (Fsp3) is 0. The molecule has 0 aliphatic carbocycles. The molecule has 2 heteroatoms. The molecular formula is C66H44N2. The molecule has 0 heterocycles. The van der Waals surface area contributed by atoms with Crippen LogP contribution in [0.15, 0.2) is 267 Å². The SMILES string of the molecule is c1ccc(N(c2ccc3cc(-c4ccc5c(ccc6cc(-c7ccc8cc(N(c9ccccc9)c9cccc%10ccccc9%10)ccc8c7)ccc65)c4)ccc3c2)c2cccc3ccccc23)cc1. The van der Waals surface area contributed by atoms with Crippen LogP contribution in [0.5, 0.6) is 0 Å². The second-order valence-electron chi connectivity index (χ2n) is 17.8. The first kappa shape index (κ1) is 39.4. The predicted molar refractivity (Wildman–Crippen MR) is 292 cm³/mol. The smallest absolute Gasteiger partial charge is 0.0540 e. The monoisotopic (exact) mass is 864 g/mol. The number of para-hydroxylation sites is 2. The summed E-state index contributed by atoms with van der Waals surface area (Å²) in [6, 6.07) is 97.5. The van der Waals surface area contributed by atoms with E-state index in [0.717, 1.165) is 34.1 Å². The fourth-order valence-electron chi connectivity index (χ4n) is 10.3. The Morgan fingerprint density at radius 1 is 0.176 bits per heavy atom. The highest BCUT2D eigenvalue weighted by Gasteiger charge is 2.18. The molecule has 0 atom stereocenters. The summed E-state index contributed by atoms with van der Waals surface area (Å²) in [6.07, 6.45) is 0. The van der Waals surface area contributed by atoms with Gasteiger partial charge in [0.1, 0.15) is 0 Å². The summed E-state index contributed by atoms with van der Waals surface area (Å²) in [5, 5.41) is 14.7. The fourth-order valence-corrected chi connectivity index (χ4v) is 10.3. The summed E-state index contributed by atoms with van der Waals surface area (Å²) in [7, 11) is 0. The molecule has 0 radical (unpaired) electrons. The van der Waals surface area contributed by atoms with Gasteiger partial charge in [0.2, 0.25) is 0 Å². The van der Waals surface area contributed by atoms with Crippen molar-refractivity contribution in [2.24, 2.45) is 0 Å². The van der Waals surface area contributed by atoms with Crippen molar-refractivity contribution in [2.45, 2.75) is 0 Å². The van der Waals surface area contributed by atoms with Crippen molar-refractivity contribution in [1.82, 2.24) is 0 Å². The van der Waals surface area contributed by atoms with E-state index in [1.807, 2.05) is 0 Å². The lowest BCUT2D eigenvalue weighted by molar-refractivity contribution is 1.30. The number of benzene rings is 13. The van der Waals surface area contributed by atoms with Gasteiger partial charge in [-0.3, -0.25) is 0 Å². The molecule has 0 aliphatic heterocycles. The average Bonchev–Trinajstić information content (AvgIpc) is 3.41. The zero-order valence-corrected chi connectivity index (χ0v) is 37.3. The van der Waals surface area contributed by atoms with E-state index in [0.29, 0.717) is 0 Å². The molecule has 318 valence electrons. The first-order chi connectivity index (χ1) is 33.7. The number of hydrogen-bond acceptors (Lipinski definition) is 2. The standard InChI is InChI=1S/C66H44N2/c1-3-17-57(18-4-1)67(65-23-11-15-45-13-7-9-21-63(45)65)59-35-31-49-39-47(25-27-53(49)43-59)51-33-37-61-55(41-51)29-30-56-42-52(34-38-62(56)61)48-26-28-54-44-60(36-32-50(54)40-48)68(58-19-5-2-6-20-58)66-24-12-16-46-14-8-10-22-64(46)66/h1-44H. The van der Waals surface area contributed by atoms with E-state index >= 15 is 0 Å². The Kier molecular flexibility index (Phi) is 9.54. The third kappa shape index (κ3) is 6.99. The van der Waals surface area contributed by atoms with Gasteiger partial charge in [-0.25, -0.2) is 0 Å². The highest BCUT2D eigenvalue weighted by molar-refractivity contribution is 6.10. The summed E-state index contributed by atoms with van der Waals surface area (Å²) >= 11 is 0. The lowest BCUT2D eigenvalue weighted by atomic mass is 9.94. The zero-order valence-electron chi connectivity index (χ0n) is 37.3. The summed E-state index contributed by atoms with van der Waals surface area (Å²) < 4.78 is 0. The maximum absolute atomic E-state index is 2.37. The van der Waals surface area contributed by atoms with Crippen molar-refractivity contribution in [1.29, 1.82) is 0 Å². The predicted octanol–water partition coefficient (Wildman–Crippen LogP) is 18.9. The Morgan fingerprint density at radius 2 is 0.515 bits per heavy atom. The molecule has 0 unspecified atom stereocenters. The molecule has 13 aromatic carbocycles. The summed E-state index contributed by atoms with van der Waals surface area (Å²) in [6.45, 7) is 0. The topological polar surface area (TPSA) is 6.48 Å². The Bertz CT molecular complexity index is 3770. The van der Waals surface area contributed by atoms with E-state index < -0.39 is 0 Å². The van der Waals surface area contributed by atoms with E-state index in [4.69, 9.17) is 0 Å². The quantitative estimate of drug-likeness (QED) is 0.140. The van der Waals surface area contributed by atoms with E-state index in [1.165, 1.54) is 86.9 Å². The van der Waals surface area contributed by atoms with Crippen LogP contribution in [0.25, 0.3) is 86.9 Å². The highest BCUT2D eigenvalue weighted by atomic mass is 15.1. The van der Waals surface area contributed by atoms with Gasteiger partial charge in [-0.2, -0.15) is 0 Å². The number of fused-ring (bicyclic) bond motifs is 7. The molecule has 0 amide bonds. The number of hydrogen-bond donors (Lipinski definition) is 0. The van der Waals surface area contributed by atoms with Gasteiger partial charge in [-0.05, 0) is 161 Å². The number of nitrogens with zero attached hydrogens (tertiary/aromatic N) is 2. The Balaban J connectivity index is 0.796. The third-order valence-corrected chi connectivity index (χ3v) is 13.7. The Hall–Kier alpha value is -8.98. The zero-order chi connectivity index (χ0) is 45.0. The van der Waals surface area contributed by atoms with Crippen molar-refractivity contribution < 1.29 is 0 Å². The van der Waals surface area contributed by atoms with Crippen molar-refractivity contribution in [2.75, 3.05) is 9.80 Å². The van der Waals surface area contributed by atoms with Gasteiger partial charge < -0.3 is 9.80 Å². The Morgan fingerprint density at radius 3 is 0.971 bits per heavy atom. The van der Waals surface area contributed by atoms with Crippen molar-refractivity contribution in [3.05, 3.63) is 267 Å². The molecule has 68 heavy (non-hydrogen) atoms. The lowest BCUT2D eigenvalue weighted by Crippen LogP contribution is -2.10. The van der Waals surface area contributed by atoms with Crippen LogP contribution in [0.2, 0.25) is 0 Å². The van der Waals surface area contributed by atoms with Gasteiger partial charge in [-0.1, -0.05) is 182 Å². The molecule has 0 spiro atoms. The maximum atomic E-state index is 2.37. The molecular weight excluding hydrogens is 821 g/mol. The largest absolute Gasteiger partial charge is 0.310 e. The van der Waals surface area contributed by atoms with Crippen molar-refractivity contribution in [3.8, 4) is 22.3 Å². The molecule has 2 nitrogen and oxygen atoms in total. The first-order valence-corrected chi connectivity index (χ1v) is 23.4. The normalized spacial score (nSPS) is 11.5. The highest BCUT2D eigenvalue weighted by Crippen LogP contribution is 2.43. The van der Waals surface area contributed by atoms with Crippen LogP contribution in [0.1, 0.15) is 0 Å². The van der Waals surface area contributed by atoms with E-state index in [-0.39, 0.29) is 0 Å². The minimum atomic E-state index is 1.13. The lowest BCUT2D eigenvalue weighted by Gasteiger charge is -2.27. The van der Waals surface area contributed by atoms with E-state index in [9.17, 15) is 0 Å². The van der Waals surface area contributed by atoms with E-state index in [1.54, 1.807) is 0 Å².